The highest BCUT2D eigenvalue weighted by Crippen LogP contribution is 2.31. The number of carbonyl (C=O) groups is 3. The third-order valence-corrected chi connectivity index (χ3v) is 4.42. The van der Waals surface area contributed by atoms with Crippen molar-refractivity contribution in [3.05, 3.63) is 77.5 Å². The standard InChI is InChI=1S/C24H17NO6/c1-14(26)29-21-11-10-16(13-22(21)30-15(2)27)12-20-24(28)31-23(25-20)19-9-5-7-17-6-3-4-8-18(17)19/h3-13H,1-2H3/b20-12+. The van der Waals surface area contributed by atoms with E-state index in [0.717, 1.165) is 10.8 Å². The minimum Gasteiger partial charge on any atom is -0.423 e. The van der Waals surface area contributed by atoms with Gasteiger partial charge in [-0.3, -0.25) is 9.59 Å². The largest absolute Gasteiger partial charge is 0.423 e. The van der Waals surface area contributed by atoms with Crippen molar-refractivity contribution in [1.82, 2.24) is 0 Å². The van der Waals surface area contributed by atoms with Crippen molar-refractivity contribution in [3.63, 3.8) is 0 Å². The number of cyclic esters (lactones) is 1. The van der Waals surface area contributed by atoms with Gasteiger partial charge in [0.1, 0.15) is 0 Å². The predicted molar refractivity (Wildman–Crippen MR) is 114 cm³/mol. The molecule has 0 aliphatic carbocycles. The van der Waals surface area contributed by atoms with E-state index in [1.54, 1.807) is 6.07 Å². The first-order chi connectivity index (χ1) is 14.9. The third-order valence-electron chi connectivity index (χ3n) is 4.42. The minimum absolute atomic E-state index is 0.0571. The molecule has 0 amide bonds. The van der Waals surface area contributed by atoms with Gasteiger partial charge in [-0.25, -0.2) is 9.79 Å². The summed E-state index contributed by atoms with van der Waals surface area (Å²) in [5, 5.41) is 1.92. The van der Waals surface area contributed by atoms with E-state index in [2.05, 4.69) is 4.99 Å². The molecule has 0 N–H and O–H groups in total. The number of nitrogens with zero attached hydrogens (tertiary/aromatic N) is 1. The van der Waals surface area contributed by atoms with Gasteiger partial charge in [-0.2, -0.15) is 0 Å². The van der Waals surface area contributed by atoms with E-state index in [4.69, 9.17) is 14.2 Å². The Labute approximate surface area is 177 Å². The Morgan fingerprint density at radius 1 is 0.903 bits per heavy atom. The molecule has 154 valence electrons. The van der Waals surface area contributed by atoms with Crippen molar-refractivity contribution in [1.29, 1.82) is 0 Å². The fraction of sp³-hybridized carbons (Fsp3) is 0.0833. The number of esters is 3. The first-order valence-corrected chi connectivity index (χ1v) is 9.42. The molecule has 1 aliphatic rings. The minimum atomic E-state index is -0.596. The number of ether oxygens (including phenoxy) is 3. The average molecular weight is 415 g/mol. The Morgan fingerprint density at radius 3 is 2.39 bits per heavy atom. The van der Waals surface area contributed by atoms with Gasteiger partial charge in [0, 0.05) is 19.4 Å². The van der Waals surface area contributed by atoms with Gasteiger partial charge >= 0.3 is 17.9 Å². The molecule has 0 unspecified atom stereocenters. The highest BCUT2D eigenvalue weighted by atomic mass is 16.6. The Morgan fingerprint density at radius 2 is 1.61 bits per heavy atom. The summed E-state index contributed by atoms with van der Waals surface area (Å²) in [4.78, 5) is 39.4. The number of hydrogen-bond acceptors (Lipinski definition) is 7. The average Bonchev–Trinajstić information content (AvgIpc) is 3.09. The van der Waals surface area contributed by atoms with Crippen molar-refractivity contribution in [2.24, 2.45) is 4.99 Å². The second-order valence-electron chi connectivity index (χ2n) is 6.76. The zero-order chi connectivity index (χ0) is 22.0. The maximum atomic E-state index is 12.4. The zero-order valence-corrected chi connectivity index (χ0v) is 16.7. The van der Waals surface area contributed by atoms with E-state index in [-0.39, 0.29) is 23.1 Å². The van der Waals surface area contributed by atoms with Gasteiger partial charge in [0.05, 0.1) is 0 Å². The quantitative estimate of drug-likeness (QED) is 0.363. The number of aliphatic imine (C=N–C) groups is 1. The molecule has 31 heavy (non-hydrogen) atoms. The van der Waals surface area contributed by atoms with Crippen LogP contribution in [-0.4, -0.2) is 23.8 Å². The molecule has 0 saturated heterocycles. The molecule has 0 bridgehead atoms. The van der Waals surface area contributed by atoms with Crippen LogP contribution in [0.5, 0.6) is 11.5 Å². The van der Waals surface area contributed by atoms with Crippen LogP contribution in [0.1, 0.15) is 25.0 Å². The summed E-state index contributed by atoms with van der Waals surface area (Å²) in [6.45, 7) is 2.48. The van der Waals surface area contributed by atoms with Gasteiger partial charge in [-0.05, 0) is 40.6 Å². The van der Waals surface area contributed by atoms with Crippen molar-refractivity contribution in [2.75, 3.05) is 0 Å². The molecule has 0 atom stereocenters. The van der Waals surface area contributed by atoms with Crippen LogP contribution in [0.3, 0.4) is 0 Å². The third kappa shape index (κ3) is 4.35. The maximum absolute atomic E-state index is 12.4. The summed E-state index contributed by atoms with van der Waals surface area (Å²) in [6.07, 6.45) is 1.50. The van der Waals surface area contributed by atoms with Crippen molar-refractivity contribution < 1.29 is 28.6 Å². The lowest BCUT2D eigenvalue weighted by atomic mass is 10.0. The normalized spacial score (nSPS) is 14.3. The Balaban J connectivity index is 1.71. The van der Waals surface area contributed by atoms with Gasteiger partial charge in [0.2, 0.25) is 5.90 Å². The van der Waals surface area contributed by atoms with E-state index in [9.17, 15) is 14.4 Å². The Bertz CT molecular complexity index is 1280. The fourth-order valence-corrected chi connectivity index (χ4v) is 3.18. The van der Waals surface area contributed by atoms with Gasteiger partial charge in [-0.1, -0.05) is 42.5 Å². The molecule has 0 radical (unpaired) electrons. The van der Waals surface area contributed by atoms with E-state index in [0.29, 0.717) is 11.1 Å². The SMILES string of the molecule is CC(=O)Oc1ccc(/C=C2/N=C(c3cccc4ccccc34)OC2=O)cc1OC(C)=O. The molecule has 3 aromatic rings. The molecular weight excluding hydrogens is 398 g/mol. The summed E-state index contributed by atoms with van der Waals surface area (Å²) in [6, 6.07) is 18.0. The summed E-state index contributed by atoms with van der Waals surface area (Å²) in [5.74, 6) is -1.36. The number of fused-ring (bicyclic) bond motifs is 1. The van der Waals surface area contributed by atoms with Crippen LogP contribution in [0.2, 0.25) is 0 Å². The van der Waals surface area contributed by atoms with Crippen LogP contribution in [0.25, 0.3) is 16.8 Å². The Kier molecular flexibility index (Phi) is 5.32. The zero-order valence-electron chi connectivity index (χ0n) is 16.7. The molecule has 0 saturated carbocycles. The maximum Gasteiger partial charge on any atom is 0.363 e. The first kappa shape index (κ1) is 20.0. The van der Waals surface area contributed by atoms with E-state index < -0.39 is 17.9 Å². The lowest BCUT2D eigenvalue weighted by Crippen LogP contribution is -2.07. The van der Waals surface area contributed by atoms with Crippen LogP contribution >= 0.6 is 0 Å². The molecule has 3 aromatic carbocycles. The van der Waals surface area contributed by atoms with Crippen molar-refractivity contribution in [2.45, 2.75) is 13.8 Å². The number of benzene rings is 3. The smallest absolute Gasteiger partial charge is 0.363 e. The summed E-state index contributed by atoms with van der Waals surface area (Å²) < 4.78 is 15.6. The van der Waals surface area contributed by atoms with Crippen LogP contribution in [0.4, 0.5) is 0 Å². The lowest BCUT2D eigenvalue weighted by Gasteiger charge is -2.09. The fourth-order valence-electron chi connectivity index (χ4n) is 3.18. The van der Waals surface area contributed by atoms with E-state index in [1.807, 2.05) is 42.5 Å². The molecule has 7 nitrogen and oxygen atoms in total. The van der Waals surface area contributed by atoms with Gasteiger partial charge in [0.25, 0.3) is 0 Å². The second kappa shape index (κ2) is 8.23. The number of rotatable bonds is 4. The van der Waals surface area contributed by atoms with Gasteiger partial charge in [0.15, 0.2) is 17.2 Å². The molecule has 7 heteroatoms. The van der Waals surface area contributed by atoms with Crippen LogP contribution in [0.15, 0.2) is 71.4 Å². The first-order valence-electron chi connectivity index (χ1n) is 9.42. The molecular formula is C24H17NO6. The van der Waals surface area contributed by atoms with E-state index >= 15 is 0 Å². The molecule has 4 rings (SSSR count). The van der Waals surface area contributed by atoms with Crippen molar-refractivity contribution in [3.8, 4) is 11.5 Å². The summed E-state index contributed by atoms with van der Waals surface area (Å²) in [7, 11) is 0. The molecule has 1 heterocycles. The second-order valence-corrected chi connectivity index (χ2v) is 6.76. The number of hydrogen-bond donors (Lipinski definition) is 0. The molecule has 0 aromatic heterocycles. The highest BCUT2D eigenvalue weighted by Gasteiger charge is 2.25. The van der Waals surface area contributed by atoms with Crippen LogP contribution in [-0.2, 0) is 19.1 Å². The topological polar surface area (TPSA) is 91.3 Å². The molecule has 1 aliphatic heterocycles. The van der Waals surface area contributed by atoms with Crippen LogP contribution < -0.4 is 9.47 Å². The van der Waals surface area contributed by atoms with Gasteiger partial charge in [-0.15, -0.1) is 0 Å². The summed E-state index contributed by atoms with van der Waals surface area (Å²) >= 11 is 0. The predicted octanol–water partition coefficient (Wildman–Crippen LogP) is 4.03. The van der Waals surface area contributed by atoms with Crippen LogP contribution in [0, 0.1) is 0 Å². The molecule has 0 fully saturated rings. The molecule has 0 spiro atoms. The Hall–Kier alpha value is -4.26. The monoisotopic (exact) mass is 415 g/mol. The number of carbonyl (C=O) groups excluding carboxylic acids is 3. The van der Waals surface area contributed by atoms with Gasteiger partial charge < -0.3 is 14.2 Å². The van der Waals surface area contributed by atoms with Crippen molar-refractivity contribution >= 4 is 40.7 Å². The van der Waals surface area contributed by atoms with E-state index in [1.165, 1.54) is 32.1 Å². The lowest BCUT2D eigenvalue weighted by molar-refractivity contribution is -0.134. The summed E-state index contributed by atoms with van der Waals surface area (Å²) in [5.41, 5.74) is 1.32. The highest BCUT2D eigenvalue weighted by molar-refractivity contribution is 6.17.